The lowest BCUT2D eigenvalue weighted by molar-refractivity contribution is -0.123. The summed E-state index contributed by atoms with van der Waals surface area (Å²) in [7, 11) is 0. The Balaban J connectivity index is 2.14. The number of hydrogen-bond donors (Lipinski definition) is 2. The van der Waals surface area contributed by atoms with Gasteiger partial charge in [-0.3, -0.25) is 4.79 Å². The first-order chi connectivity index (χ1) is 14.7. The molecule has 2 N–H and O–H groups in total. The number of carbonyl (C=O) groups excluding carboxylic acids is 1. The molecule has 0 bridgehead atoms. The van der Waals surface area contributed by atoms with E-state index in [9.17, 15) is 9.90 Å². The highest BCUT2D eigenvalue weighted by Crippen LogP contribution is 2.39. The van der Waals surface area contributed by atoms with E-state index < -0.39 is 0 Å². The first-order valence-electron chi connectivity index (χ1n) is 11.1. The zero-order chi connectivity index (χ0) is 24.3. The molecule has 0 heterocycles. The fourth-order valence-electron chi connectivity index (χ4n) is 3.47. The molecule has 2 rings (SSSR count). The second kappa shape index (κ2) is 9.76. The van der Waals surface area contributed by atoms with Crippen molar-refractivity contribution < 1.29 is 14.6 Å². The number of nitrogens with one attached hydrogen (secondary N) is 1. The van der Waals surface area contributed by atoms with Gasteiger partial charge in [0.25, 0.3) is 5.91 Å². The Kier molecular flexibility index (Phi) is 7.76. The van der Waals surface area contributed by atoms with E-state index >= 15 is 0 Å². The van der Waals surface area contributed by atoms with Crippen LogP contribution < -0.4 is 10.2 Å². The van der Waals surface area contributed by atoms with Gasteiger partial charge in [-0.2, -0.15) is 5.10 Å². The van der Waals surface area contributed by atoms with Crippen LogP contribution in [0.3, 0.4) is 0 Å². The summed E-state index contributed by atoms with van der Waals surface area (Å²) in [6.07, 6.45) is 1.61. The zero-order valence-corrected chi connectivity index (χ0v) is 21.0. The van der Waals surface area contributed by atoms with Crippen molar-refractivity contribution in [3.63, 3.8) is 0 Å². The summed E-state index contributed by atoms with van der Waals surface area (Å²) in [6, 6.07) is 9.86. The number of benzene rings is 2. The molecule has 5 nitrogen and oxygen atoms in total. The van der Waals surface area contributed by atoms with Crippen molar-refractivity contribution in [2.75, 3.05) is 6.61 Å². The first kappa shape index (κ1) is 25.4. The van der Waals surface area contributed by atoms with Crippen LogP contribution in [0.2, 0.25) is 0 Å². The minimum absolute atomic E-state index is 0.115. The summed E-state index contributed by atoms with van der Waals surface area (Å²) in [6.45, 7) is 18.4. The van der Waals surface area contributed by atoms with Crippen LogP contribution in [0.25, 0.3) is 0 Å². The maximum absolute atomic E-state index is 12.3. The Morgan fingerprint density at radius 1 is 1.06 bits per heavy atom. The van der Waals surface area contributed by atoms with Crippen LogP contribution in [0, 0.1) is 6.92 Å². The lowest BCUT2D eigenvalue weighted by atomic mass is 9.78. The second-order valence-corrected chi connectivity index (χ2v) is 10.7. The van der Waals surface area contributed by atoms with Crippen molar-refractivity contribution in [1.82, 2.24) is 5.43 Å². The lowest BCUT2D eigenvalue weighted by Gasteiger charge is -2.27. The van der Waals surface area contributed by atoms with Gasteiger partial charge in [0.15, 0.2) is 6.61 Å². The fraction of sp³-hybridized carbons (Fsp3) is 0.481. The van der Waals surface area contributed by atoms with Crippen molar-refractivity contribution in [3.05, 3.63) is 58.1 Å². The third kappa shape index (κ3) is 6.59. The standard InChI is InChI=1S/C27H38N2O3/c1-17(2)20-11-10-18(3)12-23(20)32-16-24(30)29-28-15-19-13-21(26(4,5)6)25(31)22(14-19)27(7,8)9/h10-15,17,31H,16H2,1-9H3,(H,29,30)/b28-15+. The number of hydrogen-bond acceptors (Lipinski definition) is 4. The Bertz CT molecular complexity index is 958. The number of carbonyl (C=O) groups is 1. The summed E-state index contributed by atoms with van der Waals surface area (Å²) in [4.78, 5) is 12.3. The number of phenolic OH excluding ortho intramolecular Hbond substituents is 1. The normalized spacial score (nSPS) is 12.4. The molecule has 2 aromatic carbocycles. The van der Waals surface area contributed by atoms with E-state index in [4.69, 9.17) is 4.74 Å². The minimum atomic E-state index is -0.330. The van der Waals surface area contributed by atoms with E-state index in [1.54, 1.807) is 6.21 Å². The van der Waals surface area contributed by atoms with Crippen LogP contribution in [0.4, 0.5) is 0 Å². The van der Waals surface area contributed by atoms with E-state index in [-0.39, 0.29) is 23.3 Å². The average molecular weight is 439 g/mol. The van der Waals surface area contributed by atoms with Crippen molar-refractivity contribution in [2.45, 2.75) is 79.1 Å². The van der Waals surface area contributed by atoms with Crippen LogP contribution in [0.5, 0.6) is 11.5 Å². The number of aryl methyl sites for hydroxylation is 1. The summed E-state index contributed by atoms with van der Waals surface area (Å²) in [5.41, 5.74) is 6.75. The number of phenols is 1. The van der Waals surface area contributed by atoms with Crippen molar-refractivity contribution >= 4 is 12.1 Å². The monoisotopic (exact) mass is 438 g/mol. The third-order valence-electron chi connectivity index (χ3n) is 5.30. The zero-order valence-electron chi connectivity index (χ0n) is 21.0. The molecule has 1 amide bonds. The number of rotatable bonds is 6. The summed E-state index contributed by atoms with van der Waals surface area (Å²) in [5, 5.41) is 14.9. The number of amides is 1. The molecule has 0 spiro atoms. The van der Waals surface area contributed by atoms with E-state index in [0.29, 0.717) is 11.7 Å². The minimum Gasteiger partial charge on any atom is -0.507 e. The smallest absolute Gasteiger partial charge is 0.277 e. The summed E-state index contributed by atoms with van der Waals surface area (Å²) >= 11 is 0. The molecule has 174 valence electrons. The Hall–Kier alpha value is -2.82. The molecule has 0 aromatic heterocycles. The molecule has 0 saturated carbocycles. The summed E-state index contributed by atoms with van der Waals surface area (Å²) < 4.78 is 5.77. The largest absolute Gasteiger partial charge is 0.507 e. The van der Waals surface area contributed by atoms with Crippen molar-refractivity contribution in [2.24, 2.45) is 5.10 Å². The molecule has 0 aliphatic heterocycles. The van der Waals surface area contributed by atoms with E-state index in [1.807, 2.05) is 37.3 Å². The molecule has 0 unspecified atom stereocenters. The van der Waals surface area contributed by atoms with Gasteiger partial charge >= 0.3 is 0 Å². The molecule has 2 aromatic rings. The lowest BCUT2D eigenvalue weighted by Crippen LogP contribution is -2.25. The maximum atomic E-state index is 12.3. The van der Waals surface area contributed by atoms with Gasteiger partial charge in [0.2, 0.25) is 0 Å². The topological polar surface area (TPSA) is 70.9 Å². The summed E-state index contributed by atoms with van der Waals surface area (Å²) in [5.74, 6) is 1.01. The highest BCUT2D eigenvalue weighted by atomic mass is 16.5. The third-order valence-corrected chi connectivity index (χ3v) is 5.30. The Morgan fingerprint density at radius 3 is 2.12 bits per heavy atom. The van der Waals surface area contributed by atoms with Gasteiger partial charge in [0.05, 0.1) is 6.21 Å². The van der Waals surface area contributed by atoms with Crippen molar-refractivity contribution in [3.8, 4) is 11.5 Å². The Labute approximate surface area is 192 Å². The van der Waals surface area contributed by atoms with Crippen LogP contribution >= 0.6 is 0 Å². The van der Waals surface area contributed by atoms with E-state index in [2.05, 4.69) is 65.9 Å². The van der Waals surface area contributed by atoms with Gasteiger partial charge in [-0.1, -0.05) is 67.5 Å². The number of ether oxygens (including phenoxy) is 1. The predicted octanol–water partition coefficient (Wildman–Crippen LogP) is 5.95. The molecule has 0 aliphatic rings. The SMILES string of the molecule is Cc1ccc(C(C)C)c(OCC(=O)N/N=C/c2cc(C(C)(C)C)c(O)c(C(C)(C)C)c2)c1. The number of aromatic hydroxyl groups is 1. The highest BCUT2D eigenvalue weighted by Gasteiger charge is 2.26. The highest BCUT2D eigenvalue weighted by molar-refractivity contribution is 5.84. The van der Waals surface area contributed by atoms with Gasteiger partial charge in [-0.05, 0) is 58.6 Å². The first-order valence-corrected chi connectivity index (χ1v) is 11.1. The second-order valence-electron chi connectivity index (χ2n) is 10.7. The molecule has 32 heavy (non-hydrogen) atoms. The van der Waals surface area contributed by atoms with Crippen LogP contribution in [0.1, 0.15) is 89.1 Å². The van der Waals surface area contributed by atoms with Gasteiger partial charge in [0, 0.05) is 11.1 Å². The molecule has 0 atom stereocenters. The van der Waals surface area contributed by atoms with Crippen LogP contribution in [-0.2, 0) is 15.6 Å². The van der Waals surface area contributed by atoms with Crippen molar-refractivity contribution in [1.29, 1.82) is 0 Å². The number of hydrazone groups is 1. The quantitative estimate of drug-likeness (QED) is 0.432. The number of nitrogens with zero attached hydrogens (tertiary/aromatic N) is 1. The molecule has 0 saturated heterocycles. The fourth-order valence-corrected chi connectivity index (χ4v) is 3.47. The molecule has 0 aliphatic carbocycles. The van der Waals surface area contributed by atoms with E-state index in [0.717, 1.165) is 33.6 Å². The van der Waals surface area contributed by atoms with Crippen LogP contribution in [0.15, 0.2) is 35.4 Å². The molecule has 0 radical (unpaired) electrons. The predicted molar refractivity (Wildman–Crippen MR) is 132 cm³/mol. The van der Waals surface area contributed by atoms with E-state index in [1.165, 1.54) is 0 Å². The molecular weight excluding hydrogens is 400 g/mol. The molecular formula is C27H38N2O3. The average Bonchev–Trinajstić information content (AvgIpc) is 2.65. The van der Waals surface area contributed by atoms with Crippen LogP contribution in [-0.4, -0.2) is 23.8 Å². The molecule has 5 heteroatoms. The van der Waals surface area contributed by atoms with Gasteiger partial charge in [-0.15, -0.1) is 0 Å². The maximum Gasteiger partial charge on any atom is 0.277 e. The Morgan fingerprint density at radius 2 is 1.62 bits per heavy atom. The van der Waals surface area contributed by atoms with Gasteiger partial charge in [0.1, 0.15) is 11.5 Å². The van der Waals surface area contributed by atoms with Gasteiger partial charge in [-0.25, -0.2) is 5.43 Å². The van der Waals surface area contributed by atoms with Gasteiger partial charge < -0.3 is 9.84 Å². The molecule has 0 fully saturated rings.